The van der Waals surface area contributed by atoms with Crippen LogP contribution in [-0.4, -0.2) is 59.1 Å². The molecule has 2 aromatic heterocycles. The van der Waals surface area contributed by atoms with Gasteiger partial charge in [0.25, 0.3) is 0 Å². The first kappa shape index (κ1) is 26.1. The zero-order chi connectivity index (χ0) is 25.5. The maximum absolute atomic E-state index is 6.30. The minimum Gasteiger partial charge on any atom is -0.486 e. The van der Waals surface area contributed by atoms with Crippen LogP contribution in [0.25, 0.3) is 17.0 Å². The topological polar surface area (TPSA) is 75.6 Å². The van der Waals surface area contributed by atoms with Gasteiger partial charge in [0.15, 0.2) is 0 Å². The first-order valence-electron chi connectivity index (χ1n) is 11.7. The van der Waals surface area contributed by atoms with Crippen molar-refractivity contribution in [1.29, 1.82) is 0 Å². The van der Waals surface area contributed by atoms with E-state index in [9.17, 15) is 0 Å². The van der Waals surface area contributed by atoms with Crippen LogP contribution in [0.1, 0.15) is 31.2 Å². The molecular weight excluding hydrogens is 497 g/mol. The summed E-state index contributed by atoms with van der Waals surface area (Å²) in [7, 11) is 0. The molecule has 1 saturated heterocycles. The van der Waals surface area contributed by atoms with Crippen LogP contribution in [0, 0.1) is 0 Å². The zero-order valence-corrected chi connectivity index (χ0v) is 21.9. The number of H-pyrrole nitrogens is 1. The maximum atomic E-state index is 6.30. The molecule has 36 heavy (non-hydrogen) atoms. The summed E-state index contributed by atoms with van der Waals surface area (Å²) in [6.45, 7) is 12.1. The Bertz CT molecular complexity index is 1290. The molecule has 0 radical (unpaired) electrons. The van der Waals surface area contributed by atoms with E-state index in [1.807, 2.05) is 50.3 Å². The smallest absolute Gasteiger partial charge is 0.124 e. The molecule has 3 heterocycles. The molecule has 0 spiro atoms. The fourth-order valence-corrected chi connectivity index (χ4v) is 4.70. The normalized spacial score (nSPS) is 16.3. The molecule has 4 rings (SSSR count). The third-order valence-corrected chi connectivity index (χ3v) is 6.35. The molecule has 0 bridgehead atoms. The Labute approximate surface area is 221 Å². The van der Waals surface area contributed by atoms with Crippen LogP contribution in [0.15, 0.2) is 65.6 Å². The highest BCUT2D eigenvalue weighted by Crippen LogP contribution is 2.33. The molecule has 7 nitrogen and oxygen atoms in total. The van der Waals surface area contributed by atoms with E-state index in [-0.39, 0.29) is 6.10 Å². The number of aliphatic imine (C=N–C) groups is 1. The molecule has 0 amide bonds. The van der Waals surface area contributed by atoms with E-state index in [2.05, 4.69) is 31.7 Å². The number of nitrogens with one attached hydrogen (secondary N) is 1. The molecule has 1 unspecified atom stereocenters. The number of hydrogen-bond donors (Lipinski definition) is 1. The van der Waals surface area contributed by atoms with Gasteiger partial charge in [-0.25, -0.2) is 0 Å². The lowest BCUT2D eigenvalue weighted by atomic mass is 10.1. The van der Waals surface area contributed by atoms with Crippen LogP contribution in [0.5, 0.6) is 5.75 Å². The van der Waals surface area contributed by atoms with Gasteiger partial charge in [0.2, 0.25) is 0 Å². The zero-order valence-electron chi connectivity index (χ0n) is 20.4. The monoisotopic (exact) mass is 525 g/mol. The predicted molar refractivity (Wildman–Crippen MR) is 147 cm³/mol. The largest absolute Gasteiger partial charge is 0.486 e. The molecule has 1 N–H and O–H groups in total. The minimum atomic E-state index is -0.359. The van der Waals surface area contributed by atoms with Crippen molar-refractivity contribution in [2.75, 3.05) is 32.8 Å². The van der Waals surface area contributed by atoms with E-state index < -0.39 is 0 Å². The molecular formula is C27H29Cl2N5O2. The van der Waals surface area contributed by atoms with Gasteiger partial charge in [0.05, 0.1) is 40.2 Å². The maximum Gasteiger partial charge on any atom is 0.124 e. The summed E-state index contributed by atoms with van der Waals surface area (Å²) in [5, 5.41) is 9.39. The van der Waals surface area contributed by atoms with E-state index in [1.165, 1.54) is 0 Å². The molecule has 0 aliphatic carbocycles. The lowest BCUT2D eigenvalue weighted by Crippen LogP contribution is -2.37. The number of aromatic nitrogens is 3. The van der Waals surface area contributed by atoms with Crippen molar-refractivity contribution in [2.45, 2.75) is 20.0 Å². The van der Waals surface area contributed by atoms with Crippen LogP contribution in [0.2, 0.25) is 10.0 Å². The third-order valence-electron chi connectivity index (χ3n) is 5.75. The Hall–Kier alpha value is -2.97. The number of nitrogens with zero attached hydrogens (tertiary/aromatic N) is 4. The molecule has 1 aliphatic heterocycles. The SMILES string of the molecule is C=C(/C=C(/C=C/c1n[nH]c2ccc(OC(C)c3c(Cl)cncc3Cl)cc12)\N=C/C)CN1CCOCC1. The average Bonchev–Trinajstić information content (AvgIpc) is 3.25. The number of ether oxygens (including phenoxy) is 2. The van der Waals surface area contributed by atoms with Crippen LogP contribution in [-0.2, 0) is 4.74 Å². The van der Waals surface area contributed by atoms with Crippen molar-refractivity contribution in [1.82, 2.24) is 20.1 Å². The summed E-state index contributed by atoms with van der Waals surface area (Å²) in [6, 6.07) is 5.76. The van der Waals surface area contributed by atoms with Gasteiger partial charge in [-0.2, -0.15) is 5.10 Å². The number of fused-ring (bicyclic) bond motifs is 1. The number of pyridine rings is 1. The first-order valence-corrected chi connectivity index (χ1v) is 12.5. The van der Waals surface area contributed by atoms with Crippen molar-refractivity contribution in [3.63, 3.8) is 0 Å². The molecule has 3 aromatic rings. The quantitative estimate of drug-likeness (QED) is 0.262. The van der Waals surface area contributed by atoms with Gasteiger partial charge >= 0.3 is 0 Å². The van der Waals surface area contributed by atoms with Crippen LogP contribution < -0.4 is 4.74 Å². The number of aromatic amines is 1. The Morgan fingerprint density at radius 3 is 2.75 bits per heavy atom. The lowest BCUT2D eigenvalue weighted by Gasteiger charge is -2.26. The van der Waals surface area contributed by atoms with E-state index in [0.29, 0.717) is 21.4 Å². The number of allylic oxidation sites excluding steroid dienone is 1. The summed E-state index contributed by atoms with van der Waals surface area (Å²) in [6.07, 6.45) is 10.4. The fraction of sp³-hybridized carbons (Fsp3) is 0.296. The molecule has 1 fully saturated rings. The summed E-state index contributed by atoms with van der Waals surface area (Å²) >= 11 is 12.6. The fourth-order valence-electron chi connectivity index (χ4n) is 4.03. The predicted octanol–water partition coefficient (Wildman–Crippen LogP) is 6.28. The number of halogens is 2. The molecule has 1 atom stereocenters. The number of benzene rings is 1. The highest BCUT2D eigenvalue weighted by molar-refractivity contribution is 6.35. The van der Waals surface area contributed by atoms with Gasteiger partial charge in [0.1, 0.15) is 11.9 Å². The van der Waals surface area contributed by atoms with Crippen molar-refractivity contribution in [2.24, 2.45) is 4.99 Å². The Morgan fingerprint density at radius 2 is 2.03 bits per heavy atom. The van der Waals surface area contributed by atoms with Crippen molar-refractivity contribution < 1.29 is 9.47 Å². The number of hydrogen-bond acceptors (Lipinski definition) is 6. The molecule has 1 aromatic carbocycles. The molecule has 9 heteroatoms. The number of rotatable bonds is 9. The Morgan fingerprint density at radius 1 is 1.28 bits per heavy atom. The van der Waals surface area contributed by atoms with E-state index in [1.54, 1.807) is 18.6 Å². The standard InChI is InChI=1S/C27H29Cl2N5O2/c1-4-31-20(13-18(2)17-34-9-11-35-12-10-34)5-7-25-22-14-21(6-8-26(22)33-32-25)36-19(3)27-23(28)15-30-16-24(27)29/h4-8,13-16,19H,2,9-12,17H2,1,3H3,(H,32,33)/b7-5+,20-13-,31-4-. The van der Waals surface area contributed by atoms with Gasteiger partial charge in [-0.1, -0.05) is 29.8 Å². The number of morpholine rings is 1. The van der Waals surface area contributed by atoms with Crippen LogP contribution in [0.3, 0.4) is 0 Å². The van der Waals surface area contributed by atoms with Crippen molar-refractivity contribution in [3.05, 3.63) is 81.9 Å². The lowest BCUT2D eigenvalue weighted by molar-refractivity contribution is 0.0426. The summed E-state index contributed by atoms with van der Waals surface area (Å²) in [5.41, 5.74) is 4.17. The van der Waals surface area contributed by atoms with E-state index in [0.717, 1.165) is 60.7 Å². The van der Waals surface area contributed by atoms with Crippen molar-refractivity contribution in [3.8, 4) is 5.75 Å². The third kappa shape index (κ3) is 6.62. The second kappa shape index (κ2) is 12.3. The van der Waals surface area contributed by atoms with Crippen LogP contribution in [0.4, 0.5) is 0 Å². The summed E-state index contributed by atoms with van der Waals surface area (Å²) in [4.78, 5) is 10.8. The molecule has 0 saturated carbocycles. The van der Waals surface area contributed by atoms with Gasteiger partial charge in [-0.05, 0) is 55.8 Å². The Kier molecular flexibility index (Phi) is 8.93. The second-order valence-corrected chi connectivity index (χ2v) is 9.24. The summed E-state index contributed by atoms with van der Waals surface area (Å²) < 4.78 is 11.6. The molecule has 188 valence electrons. The van der Waals surface area contributed by atoms with Crippen molar-refractivity contribution >= 4 is 46.4 Å². The van der Waals surface area contributed by atoms with Gasteiger partial charge in [-0.15, -0.1) is 0 Å². The van der Waals surface area contributed by atoms with E-state index in [4.69, 9.17) is 32.7 Å². The highest BCUT2D eigenvalue weighted by atomic mass is 35.5. The highest BCUT2D eigenvalue weighted by Gasteiger charge is 2.17. The first-order chi connectivity index (χ1) is 17.4. The van der Waals surface area contributed by atoms with Gasteiger partial charge < -0.3 is 9.47 Å². The van der Waals surface area contributed by atoms with Gasteiger partial charge in [0, 0.05) is 49.2 Å². The van der Waals surface area contributed by atoms with Crippen LogP contribution >= 0.6 is 23.2 Å². The van der Waals surface area contributed by atoms with E-state index >= 15 is 0 Å². The minimum absolute atomic E-state index is 0.359. The molecule has 1 aliphatic rings. The Balaban J connectivity index is 1.52. The van der Waals surface area contributed by atoms with Gasteiger partial charge in [-0.3, -0.25) is 20.0 Å². The summed E-state index contributed by atoms with van der Waals surface area (Å²) in [5.74, 6) is 0.677. The average molecular weight is 526 g/mol. The second-order valence-electron chi connectivity index (χ2n) is 8.43.